The first-order chi connectivity index (χ1) is 14.7. The van der Waals surface area contributed by atoms with E-state index in [0.717, 1.165) is 23.3 Å². The van der Waals surface area contributed by atoms with E-state index in [-0.39, 0.29) is 38.8 Å². The quantitative estimate of drug-likeness (QED) is 0.420. The molecular weight excluding hydrogens is 424 g/mol. The van der Waals surface area contributed by atoms with Crippen molar-refractivity contribution in [3.63, 3.8) is 0 Å². The van der Waals surface area contributed by atoms with Gasteiger partial charge in [0.15, 0.2) is 19.9 Å². The van der Waals surface area contributed by atoms with Crippen molar-refractivity contribution in [2.24, 2.45) is 0 Å². The lowest BCUT2D eigenvalue weighted by atomic mass is 9.77. The first-order valence-corrected chi connectivity index (χ1v) is 13.5. The first kappa shape index (κ1) is 22.3. The van der Waals surface area contributed by atoms with Gasteiger partial charge in [-0.15, -0.1) is 0 Å². The van der Waals surface area contributed by atoms with Gasteiger partial charge < -0.3 is 19.7 Å². The van der Waals surface area contributed by atoms with Gasteiger partial charge >= 0.3 is 0 Å². The van der Waals surface area contributed by atoms with Gasteiger partial charge in [-0.25, -0.2) is 0 Å². The number of carbonyl (C=O) groups excluding carboxylic acids is 2. The number of phenols is 3. The van der Waals surface area contributed by atoms with Gasteiger partial charge in [-0.1, -0.05) is 26.8 Å². The molecule has 7 heteroatoms. The average Bonchev–Trinajstić information content (AvgIpc) is 2.65. The first-order valence-electron chi connectivity index (χ1n) is 10.6. The van der Waals surface area contributed by atoms with E-state index in [2.05, 4.69) is 33.9 Å². The van der Waals surface area contributed by atoms with Crippen molar-refractivity contribution in [1.82, 2.24) is 0 Å². The minimum Gasteiger partial charge on any atom is -0.507 e. The fourth-order valence-corrected chi connectivity index (χ4v) is 5.60. The van der Waals surface area contributed by atoms with Crippen molar-refractivity contribution in [1.29, 1.82) is 0 Å². The van der Waals surface area contributed by atoms with Crippen molar-refractivity contribution in [2.45, 2.75) is 58.4 Å². The van der Waals surface area contributed by atoms with Gasteiger partial charge in [0, 0.05) is 23.1 Å². The number of rotatable bonds is 2. The maximum atomic E-state index is 12.6. The Hall–Kier alpha value is -2.90. The number of carbonyl (C=O) groups is 2. The Morgan fingerprint density at radius 3 is 2.03 bits per heavy atom. The molecule has 6 nitrogen and oxygen atoms in total. The van der Waals surface area contributed by atoms with E-state index in [0.29, 0.717) is 12.0 Å². The summed E-state index contributed by atoms with van der Waals surface area (Å²) in [5, 5.41) is 33.2. The summed E-state index contributed by atoms with van der Waals surface area (Å²) in [4.78, 5) is 25.2. The molecule has 2 aliphatic rings. The molecule has 0 heterocycles. The van der Waals surface area contributed by atoms with Crippen LogP contribution in [0.4, 0.5) is 0 Å². The molecule has 2 aliphatic carbocycles. The summed E-state index contributed by atoms with van der Waals surface area (Å²) in [5.41, 5.74) is 1.88. The zero-order valence-corrected chi connectivity index (χ0v) is 20.2. The van der Waals surface area contributed by atoms with Crippen LogP contribution in [0.15, 0.2) is 24.3 Å². The molecule has 168 valence electrons. The fraction of sp³-hybridized carbons (Fsp3) is 0.360. The number of hydrogen-bond donors (Lipinski definition) is 3. The average molecular weight is 453 g/mol. The number of aromatic hydroxyl groups is 3. The molecule has 2 aromatic carbocycles. The fourth-order valence-electron chi connectivity index (χ4n) is 4.33. The number of fused-ring (bicyclic) bond motifs is 4. The molecule has 0 saturated carbocycles. The van der Waals surface area contributed by atoms with E-state index in [9.17, 15) is 24.9 Å². The predicted octanol–water partition coefficient (Wildman–Crippen LogP) is 5.33. The molecule has 0 amide bonds. The van der Waals surface area contributed by atoms with Crippen LogP contribution in [0.1, 0.15) is 64.3 Å². The van der Waals surface area contributed by atoms with E-state index in [1.54, 1.807) is 6.07 Å². The smallest absolute Gasteiger partial charge is 0.192 e. The maximum Gasteiger partial charge on any atom is 0.192 e. The Labute approximate surface area is 188 Å². The summed E-state index contributed by atoms with van der Waals surface area (Å²) in [7, 11) is -2.34. The number of phenolic OH excluding ortho intramolecular Hbond substituents is 3. The van der Waals surface area contributed by atoms with Crippen molar-refractivity contribution < 1.29 is 29.3 Å². The molecule has 0 fully saturated rings. The summed E-state index contributed by atoms with van der Waals surface area (Å²) >= 11 is 0. The van der Waals surface area contributed by atoms with Gasteiger partial charge in [-0.3, -0.25) is 9.59 Å². The summed E-state index contributed by atoms with van der Waals surface area (Å²) in [6.45, 7) is 12.3. The second-order valence-electron chi connectivity index (χ2n) is 10.2. The normalized spacial score (nSPS) is 17.8. The third-order valence-electron chi connectivity index (χ3n) is 6.93. The number of hydrogen-bond acceptors (Lipinski definition) is 6. The Morgan fingerprint density at radius 1 is 0.906 bits per heavy atom. The molecule has 0 unspecified atom stereocenters. The van der Waals surface area contributed by atoms with Crippen molar-refractivity contribution in [3.8, 4) is 28.4 Å². The Kier molecular flexibility index (Phi) is 4.91. The summed E-state index contributed by atoms with van der Waals surface area (Å²) in [6.07, 6.45) is 1.88. The third kappa shape index (κ3) is 3.19. The van der Waals surface area contributed by atoms with Gasteiger partial charge in [0.2, 0.25) is 0 Å². The van der Waals surface area contributed by atoms with E-state index in [4.69, 9.17) is 4.43 Å². The highest BCUT2D eigenvalue weighted by molar-refractivity contribution is 6.74. The minimum atomic E-state index is -2.34. The number of ketones is 2. The lowest BCUT2D eigenvalue weighted by Gasteiger charge is -2.41. The largest absolute Gasteiger partial charge is 0.507 e. The van der Waals surface area contributed by atoms with E-state index in [1.807, 2.05) is 13.0 Å². The number of benzene rings is 2. The minimum absolute atomic E-state index is 0.0631. The molecule has 0 aliphatic heterocycles. The van der Waals surface area contributed by atoms with Gasteiger partial charge in [-0.2, -0.15) is 0 Å². The van der Waals surface area contributed by atoms with Gasteiger partial charge in [0.25, 0.3) is 0 Å². The highest BCUT2D eigenvalue weighted by Crippen LogP contribution is 2.56. The molecule has 1 atom stereocenters. The van der Waals surface area contributed by atoms with Crippen LogP contribution in [0.25, 0.3) is 11.1 Å². The monoisotopic (exact) mass is 452 g/mol. The van der Waals surface area contributed by atoms with Crippen LogP contribution in [-0.2, 0) is 10.8 Å². The van der Waals surface area contributed by atoms with Crippen LogP contribution < -0.4 is 0 Å². The Bertz CT molecular complexity index is 1220. The Morgan fingerprint density at radius 2 is 1.47 bits per heavy atom. The standard InChI is InChI=1S/C25H28O6Si/c1-12-9-13-11-17(31-32(5,6)25(2,3)4)21-22(18(13)16(28)10-12)24(30)20-15(27)8-7-14(26)19(20)23(21)29/h7-10,17,28-30H,11H2,1-6H3/t17-/m1/s1. The molecule has 0 radical (unpaired) electrons. The zero-order chi connectivity index (χ0) is 23.7. The molecule has 0 saturated heterocycles. The number of aryl methyl sites for hydroxylation is 1. The maximum absolute atomic E-state index is 12.6. The van der Waals surface area contributed by atoms with Crippen molar-refractivity contribution in [3.05, 3.63) is 52.1 Å². The highest BCUT2D eigenvalue weighted by Gasteiger charge is 2.44. The van der Waals surface area contributed by atoms with Crippen LogP contribution in [-0.4, -0.2) is 35.2 Å². The summed E-state index contributed by atoms with van der Waals surface area (Å²) < 4.78 is 6.67. The van der Waals surface area contributed by atoms with Crippen LogP contribution in [0.2, 0.25) is 18.1 Å². The summed E-state index contributed by atoms with van der Waals surface area (Å²) in [6, 6.07) is 3.48. The number of allylic oxidation sites excluding steroid dienone is 2. The summed E-state index contributed by atoms with van der Waals surface area (Å²) in [5.74, 6) is -1.98. The second kappa shape index (κ2) is 7.05. The Balaban J connectivity index is 2.07. The van der Waals surface area contributed by atoms with E-state index < -0.39 is 31.7 Å². The predicted molar refractivity (Wildman–Crippen MR) is 124 cm³/mol. The molecule has 3 N–H and O–H groups in total. The van der Waals surface area contributed by atoms with E-state index in [1.165, 1.54) is 0 Å². The topological polar surface area (TPSA) is 104 Å². The van der Waals surface area contributed by atoms with Gasteiger partial charge in [0.1, 0.15) is 17.2 Å². The molecular formula is C25H28O6Si. The lowest BCUT2D eigenvalue weighted by Crippen LogP contribution is -2.42. The molecule has 32 heavy (non-hydrogen) atoms. The third-order valence-corrected chi connectivity index (χ3v) is 11.4. The highest BCUT2D eigenvalue weighted by atomic mass is 28.4. The van der Waals surface area contributed by atoms with Crippen LogP contribution in [0, 0.1) is 6.92 Å². The zero-order valence-electron chi connectivity index (χ0n) is 19.2. The molecule has 4 rings (SSSR count). The molecule has 0 spiro atoms. The molecule has 0 bridgehead atoms. The van der Waals surface area contributed by atoms with Crippen LogP contribution >= 0.6 is 0 Å². The van der Waals surface area contributed by atoms with Crippen LogP contribution in [0.5, 0.6) is 17.2 Å². The lowest BCUT2D eigenvalue weighted by molar-refractivity contribution is 0.0988. The molecule has 0 aromatic heterocycles. The van der Waals surface area contributed by atoms with Crippen molar-refractivity contribution in [2.75, 3.05) is 0 Å². The van der Waals surface area contributed by atoms with Gasteiger partial charge in [0.05, 0.1) is 17.2 Å². The SMILES string of the molecule is Cc1cc(O)c2c(c1)C[C@@H](O[Si](C)(C)C(C)(C)C)c1c(O)c3c(c(O)c1-2)C(=O)C=CC3=O. The second-order valence-corrected chi connectivity index (χ2v) is 14.9. The van der Waals surface area contributed by atoms with Crippen molar-refractivity contribution >= 4 is 19.9 Å². The molecule has 2 aromatic rings. The van der Waals surface area contributed by atoms with Gasteiger partial charge in [-0.05, 0) is 54.4 Å². The van der Waals surface area contributed by atoms with Crippen LogP contribution in [0.3, 0.4) is 0 Å². The van der Waals surface area contributed by atoms with E-state index >= 15 is 0 Å².